The third-order valence-corrected chi connectivity index (χ3v) is 4.60. The molecule has 1 aromatic rings. The Morgan fingerprint density at radius 1 is 1.17 bits per heavy atom. The number of hydrogen-bond donors (Lipinski definition) is 3. The average molecular weight is 354 g/mol. The van der Waals surface area contributed by atoms with Crippen LogP contribution in [0.1, 0.15) is 37.9 Å². The number of anilines is 1. The van der Waals surface area contributed by atoms with Gasteiger partial charge in [-0.3, -0.25) is 25.2 Å². The van der Waals surface area contributed by atoms with Gasteiger partial charge in [-0.15, -0.1) is 11.8 Å². The topological polar surface area (TPSA) is 113 Å². The summed E-state index contributed by atoms with van der Waals surface area (Å²) in [6.07, 6.45) is 5.03. The molecule has 132 valence electrons. The van der Waals surface area contributed by atoms with E-state index in [4.69, 9.17) is 4.52 Å². The van der Waals surface area contributed by atoms with Crippen molar-refractivity contribution in [2.75, 3.05) is 16.8 Å². The molecule has 0 atom stereocenters. The van der Waals surface area contributed by atoms with E-state index in [0.29, 0.717) is 11.6 Å². The van der Waals surface area contributed by atoms with Crippen LogP contribution in [0.2, 0.25) is 0 Å². The van der Waals surface area contributed by atoms with Crippen LogP contribution in [0.5, 0.6) is 0 Å². The quantitative estimate of drug-likeness (QED) is 0.665. The van der Waals surface area contributed by atoms with Gasteiger partial charge in [-0.25, -0.2) is 0 Å². The number of nitrogens with zero attached hydrogens (tertiary/aromatic N) is 1. The monoisotopic (exact) mass is 354 g/mol. The highest BCUT2D eigenvalue weighted by atomic mass is 32.2. The van der Waals surface area contributed by atoms with Crippen LogP contribution in [0.3, 0.4) is 0 Å². The molecule has 3 N–H and O–H groups in total. The van der Waals surface area contributed by atoms with Crippen LogP contribution in [0, 0.1) is 12.8 Å². The molecular formula is C15H22N4O4S. The molecule has 24 heavy (non-hydrogen) atoms. The molecule has 0 aromatic carbocycles. The van der Waals surface area contributed by atoms with Crippen molar-refractivity contribution in [3.8, 4) is 0 Å². The van der Waals surface area contributed by atoms with Crippen LogP contribution in [0.4, 0.5) is 5.82 Å². The van der Waals surface area contributed by atoms with Crippen LogP contribution in [-0.4, -0.2) is 34.4 Å². The van der Waals surface area contributed by atoms with E-state index in [2.05, 4.69) is 21.3 Å². The lowest BCUT2D eigenvalue weighted by atomic mass is 9.89. The van der Waals surface area contributed by atoms with E-state index in [1.54, 1.807) is 13.0 Å². The molecule has 0 radical (unpaired) electrons. The molecule has 0 bridgehead atoms. The lowest BCUT2D eigenvalue weighted by Crippen LogP contribution is -2.45. The summed E-state index contributed by atoms with van der Waals surface area (Å²) < 4.78 is 4.84. The number of thioether (sulfide) groups is 1. The Labute approximate surface area is 144 Å². The van der Waals surface area contributed by atoms with Gasteiger partial charge in [0.25, 0.3) is 0 Å². The zero-order valence-corrected chi connectivity index (χ0v) is 14.4. The molecule has 3 amide bonds. The zero-order valence-electron chi connectivity index (χ0n) is 13.6. The number of amides is 3. The first-order valence-corrected chi connectivity index (χ1v) is 9.09. The molecule has 1 heterocycles. The van der Waals surface area contributed by atoms with Gasteiger partial charge in [-0.05, 0) is 19.8 Å². The summed E-state index contributed by atoms with van der Waals surface area (Å²) in [5, 5.41) is 6.21. The Morgan fingerprint density at radius 2 is 1.88 bits per heavy atom. The second kappa shape index (κ2) is 9.31. The van der Waals surface area contributed by atoms with Gasteiger partial charge in [-0.2, -0.15) is 0 Å². The minimum atomic E-state index is -0.339. The SMILES string of the molecule is Cc1cc(NC(=O)CSCC(=O)NNC(=O)C2CCCCC2)no1. The van der Waals surface area contributed by atoms with E-state index in [0.717, 1.165) is 37.4 Å². The van der Waals surface area contributed by atoms with E-state index < -0.39 is 0 Å². The van der Waals surface area contributed by atoms with Gasteiger partial charge in [0.2, 0.25) is 17.7 Å². The van der Waals surface area contributed by atoms with Crippen molar-refractivity contribution in [1.29, 1.82) is 0 Å². The van der Waals surface area contributed by atoms with Crippen LogP contribution < -0.4 is 16.2 Å². The van der Waals surface area contributed by atoms with Crippen LogP contribution in [0.25, 0.3) is 0 Å². The summed E-state index contributed by atoms with van der Waals surface area (Å²) in [6.45, 7) is 1.73. The van der Waals surface area contributed by atoms with Crippen molar-refractivity contribution in [1.82, 2.24) is 16.0 Å². The van der Waals surface area contributed by atoms with Crippen molar-refractivity contribution in [2.24, 2.45) is 5.92 Å². The van der Waals surface area contributed by atoms with Gasteiger partial charge < -0.3 is 9.84 Å². The summed E-state index contributed by atoms with van der Waals surface area (Å²) in [6, 6.07) is 1.61. The van der Waals surface area contributed by atoms with Crippen molar-refractivity contribution in [3.05, 3.63) is 11.8 Å². The van der Waals surface area contributed by atoms with Gasteiger partial charge >= 0.3 is 0 Å². The molecule has 0 aliphatic heterocycles. The molecule has 9 heteroatoms. The molecule has 2 rings (SSSR count). The highest BCUT2D eigenvalue weighted by molar-refractivity contribution is 8.00. The summed E-state index contributed by atoms with van der Waals surface area (Å²) >= 11 is 1.15. The Kier molecular flexibility index (Phi) is 7.10. The molecule has 1 aliphatic carbocycles. The Bertz CT molecular complexity index is 584. The third kappa shape index (κ3) is 6.23. The molecule has 1 fully saturated rings. The number of hydrogen-bond acceptors (Lipinski definition) is 6. The smallest absolute Gasteiger partial charge is 0.248 e. The van der Waals surface area contributed by atoms with Crippen molar-refractivity contribution in [3.63, 3.8) is 0 Å². The predicted molar refractivity (Wildman–Crippen MR) is 90.1 cm³/mol. The predicted octanol–water partition coefficient (Wildman–Crippen LogP) is 1.38. The molecule has 0 unspecified atom stereocenters. The van der Waals surface area contributed by atoms with Gasteiger partial charge in [-0.1, -0.05) is 24.4 Å². The summed E-state index contributed by atoms with van der Waals surface area (Å²) in [4.78, 5) is 35.2. The standard InChI is InChI=1S/C15H22N4O4S/c1-10-7-12(19-23-10)16-13(20)8-24-9-14(21)17-18-15(22)11-5-3-2-4-6-11/h7,11H,2-6,8-9H2,1H3,(H,17,21)(H,18,22)(H,16,19,20). The van der Waals surface area contributed by atoms with Crippen LogP contribution in [0.15, 0.2) is 10.6 Å². The van der Waals surface area contributed by atoms with Gasteiger partial charge in [0.05, 0.1) is 11.5 Å². The van der Waals surface area contributed by atoms with Gasteiger partial charge in [0.15, 0.2) is 5.82 Å². The minimum absolute atomic E-state index is 0.0107. The molecule has 0 saturated heterocycles. The van der Waals surface area contributed by atoms with E-state index in [1.807, 2.05) is 0 Å². The number of aromatic nitrogens is 1. The number of rotatable bonds is 6. The lowest BCUT2D eigenvalue weighted by Gasteiger charge is -2.20. The Balaban J connectivity index is 1.57. The first kappa shape index (κ1) is 18.3. The fraction of sp³-hybridized carbons (Fsp3) is 0.600. The largest absolute Gasteiger partial charge is 0.360 e. The van der Waals surface area contributed by atoms with E-state index in [9.17, 15) is 14.4 Å². The maximum atomic E-state index is 11.9. The molecule has 1 aliphatic rings. The molecular weight excluding hydrogens is 332 g/mol. The number of nitrogens with one attached hydrogen (secondary N) is 3. The van der Waals surface area contributed by atoms with Crippen LogP contribution >= 0.6 is 11.8 Å². The Hall–Kier alpha value is -2.03. The highest BCUT2D eigenvalue weighted by Gasteiger charge is 2.21. The second-order valence-corrected chi connectivity index (χ2v) is 6.72. The number of aryl methyl sites for hydroxylation is 1. The molecule has 0 spiro atoms. The maximum absolute atomic E-state index is 11.9. The van der Waals surface area contributed by atoms with Crippen molar-refractivity contribution in [2.45, 2.75) is 39.0 Å². The number of carbonyl (C=O) groups excluding carboxylic acids is 3. The van der Waals surface area contributed by atoms with Crippen LogP contribution in [-0.2, 0) is 14.4 Å². The van der Waals surface area contributed by atoms with E-state index in [-0.39, 0.29) is 35.1 Å². The van der Waals surface area contributed by atoms with Crippen molar-refractivity contribution >= 4 is 35.3 Å². The second-order valence-electron chi connectivity index (χ2n) is 5.74. The summed E-state index contributed by atoms with van der Waals surface area (Å²) in [5.41, 5.74) is 4.85. The molecule has 8 nitrogen and oxygen atoms in total. The lowest BCUT2D eigenvalue weighted by molar-refractivity contribution is -0.131. The normalized spacial score (nSPS) is 14.9. The molecule has 1 aromatic heterocycles. The highest BCUT2D eigenvalue weighted by Crippen LogP contribution is 2.23. The zero-order chi connectivity index (χ0) is 17.4. The van der Waals surface area contributed by atoms with Gasteiger partial charge in [0.1, 0.15) is 5.76 Å². The van der Waals surface area contributed by atoms with E-state index >= 15 is 0 Å². The van der Waals surface area contributed by atoms with Crippen molar-refractivity contribution < 1.29 is 18.9 Å². The minimum Gasteiger partial charge on any atom is -0.360 e. The van der Waals surface area contributed by atoms with Gasteiger partial charge in [0, 0.05) is 12.0 Å². The fourth-order valence-corrected chi connectivity index (χ4v) is 3.09. The third-order valence-electron chi connectivity index (χ3n) is 3.66. The Morgan fingerprint density at radius 3 is 2.54 bits per heavy atom. The number of carbonyl (C=O) groups is 3. The first-order chi connectivity index (χ1) is 11.5. The fourth-order valence-electron chi connectivity index (χ4n) is 2.47. The molecule has 1 saturated carbocycles. The first-order valence-electron chi connectivity index (χ1n) is 7.94. The summed E-state index contributed by atoms with van der Waals surface area (Å²) in [7, 11) is 0. The maximum Gasteiger partial charge on any atom is 0.248 e. The average Bonchev–Trinajstić information content (AvgIpc) is 2.98. The number of hydrazine groups is 1. The van der Waals surface area contributed by atoms with E-state index in [1.165, 1.54) is 6.42 Å². The summed E-state index contributed by atoms with van der Waals surface area (Å²) in [5.74, 6) is 0.386.